The molecule has 0 bridgehead atoms. The highest BCUT2D eigenvalue weighted by Gasteiger charge is 2.26. The van der Waals surface area contributed by atoms with Crippen molar-refractivity contribution in [3.8, 4) is 0 Å². The lowest BCUT2D eigenvalue weighted by Crippen LogP contribution is -2.47. The lowest BCUT2D eigenvalue weighted by Gasteiger charge is -2.31. The van der Waals surface area contributed by atoms with E-state index in [0.29, 0.717) is 25.9 Å². The minimum Gasteiger partial charge on any atom is -0.465 e. The Labute approximate surface area is 123 Å². The van der Waals surface area contributed by atoms with Crippen LogP contribution in [0.1, 0.15) is 24.5 Å². The second-order valence-corrected chi connectivity index (χ2v) is 5.08. The fourth-order valence-electron chi connectivity index (χ4n) is 2.51. The molecule has 1 saturated heterocycles. The molecule has 6 heteroatoms. The van der Waals surface area contributed by atoms with E-state index in [1.807, 2.05) is 30.3 Å². The van der Waals surface area contributed by atoms with Crippen molar-refractivity contribution in [3.05, 3.63) is 35.9 Å². The van der Waals surface area contributed by atoms with Gasteiger partial charge in [-0.2, -0.15) is 0 Å². The molecular formula is C15H20N2O4. The molecule has 2 N–H and O–H groups in total. The normalized spacial score (nSPS) is 17.3. The van der Waals surface area contributed by atoms with Gasteiger partial charge in [-0.3, -0.25) is 4.79 Å². The number of methoxy groups -OCH3 is 1. The molecule has 21 heavy (non-hydrogen) atoms. The maximum atomic E-state index is 12.3. The van der Waals surface area contributed by atoms with Gasteiger partial charge in [-0.15, -0.1) is 0 Å². The SMILES string of the molecule is COC(C(=O)NC1CCN(C(=O)O)CC1)c1ccccc1. The highest BCUT2D eigenvalue weighted by atomic mass is 16.5. The van der Waals surface area contributed by atoms with Gasteiger partial charge in [-0.25, -0.2) is 4.79 Å². The molecule has 2 amide bonds. The van der Waals surface area contributed by atoms with Gasteiger partial charge in [0.2, 0.25) is 0 Å². The molecule has 0 aliphatic carbocycles. The summed E-state index contributed by atoms with van der Waals surface area (Å²) >= 11 is 0. The second-order valence-electron chi connectivity index (χ2n) is 5.08. The number of nitrogens with one attached hydrogen (secondary N) is 1. The summed E-state index contributed by atoms with van der Waals surface area (Å²) < 4.78 is 5.28. The number of ether oxygens (including phenoxy) is 1. The molecule has 1 fully saturated rings. The van der Waals surface area contributed by atoms with Gasteiger partial charge in [0.15, 0.2) is 6.10 Å². The molecule has 1 atom stereocenters. The maximum Gasteiger partial charge on any atom is 0.407 e. The predicted molar refractivity (Wildman–Crippen MR) is 77.0 cm³/mol. The third-order valence-electron chi connectivity index (χ3n) is 3.69. The summed E-state index contributed by atoms with van der Waals surface area (Å²) in [6.45, 7) is 0.895. The van der Waals surface area contributed by atoms with Crippen LogP contribution in [0.3, 0.4) is 0 Å². The number of hydrogen-bond acceptors (Lipinski definition) is 3. The molecule has 0 aromatic heterocycles. The van der Waals surface area contributed by atoms with Crippen LogP contribution in [0, 0.1) is 0 Å². The topological polar surface area (TPSA) is 78.9 Å². The molecule has 0 spiro atoms. The predicted octanol–water partition coefficient (Wildman–Crippen LogP) is 1.63. The van der Waals surface area contributed by atoms with E-state index in [1.165, 1.54) is 12.0 Å². The second kappa shape index (κ2) is 7.08. The van der Waals surface area contributed by atoms with Gasteiger partial charge in [0, 0.05) is 26.2 Å². The van der Waals surface area contributed by atoms with Crippen LogP contribution in [0.4, 0.5) is 4.79 Å². The summed E-state index contributed by atoms with van der Waals surface area (Å²) in [4.78, 5) is 24.5. The summed E-state index contributed by atoms with van der Waals surface area (Å²) in [5.74, 6) is -0.183. The minimum absolute atomic E-state index is 0.00513. The molecular weight excluding hydrogens is 272 g/mol. The lowest BCUT2D eigenvalue weighted by molar-refractivity contribution is -0.132. The summed E-state index contributed by atoms with van der Waals surface area (Å²) in [5.41, 5.74) is 0.806. The van der Waals surface area contributed by atoms with Crippen LogP contribution < -0.4 is 5.32 Å². The number of carbonyl (C=O) groups is 2. The highest BCUT2D eigenvalue weighted by molar-refractivity contribution is 5.82. The molecule has 0 saturated carbocycles. The van der Waals surface area contributed by atoms with Crippen molar-refractivity contribution in [2.24, 2.45) is 0 Å². The zero-order chi connectivity index (χ0) is 15.2. The van der Waals surface area contributed by atoms with Crippen LogP contribution >= 0.6 is 0 Å². The number of hydrogen-bond donors (Lipinski definition) is 2. The standard InChI is InChI=1S/C15H20N2O4/c1-21-13(11-5-3-2-4-6-11)14(18)16-12-7-9-17(10-8-12)15(19)20/h2-6,12-13H,7-10H2,1H3,(H,16,18)(H,19,20). The number of carboxylic acid groups (broad SMARTS) is 1. The van der Waals surface area contributed by atoms with Crippen LogP contribution in [0.2, 0.25) is 0 Å². The molecule has 114 valence electrons. The Balaban J connectivity index is 1.91. The fourth-order valence-corrected chi connectivity index (χ4v) is 2.51. The van der Waals surface area contributed by atoms with Crippen LogP contribution in [0.25, 0.3) is 0 Å². The van der Waals surface area contributed by atoms with Crippen molar-refractivity contribution in [1.82, 2.24) is 10.2 Å². The number of rotatable bonds is 4. The Morgan fingerprint density at radius 1 is 1.29 bits per heavy atom. The first kappa shape index (κ1) is 15.3. The van der Waals surface area contributed by atoms with Gasteiger partial charge in [-0.1, -0.05) is 30.3 Å². The van der Waals surface area contributed by atoms with Gasteiger partial charge in [0.25, 0.3) is 5.91 Å². The minimum atomic E-state index is -0.904. The third-order valence-corrected chi connectivity index (χ3v) is 3.69. The summed E-state index contributed by atoms with van der Waals surface area (Å²) in [5, 5.41) is 11.8. The molecule has 6 nitrogen and oxygen atoms in total. The molecule has 1 aliphatic rings. The molecule has 1 aliphatic heterocycles. The zero-order valence-corrected chi connectivity index (χ0v) is 12.0. The van der Waals surface area contributed by atoms with E-state index in [9.17, 15) is 9.59 Å². The molecule has 1 heterocycles. The van der Waals surface area contributed by atoms with Gasteiger partial charge in [0.1, 0.15) is 0 Å². The average Bonchev–Trinajstić information content (AvgIpc) is 2.49. The lowest BCUT2D eigenvalue weighted by atomic mass is 10.0. The van der Waals surface area contributed by atoms with E-state index >= 15 is 0 Å². The quantitative estimate of drug-likeness (QED) is 0.884. The van der Waals surface area contributed by atoms with Crippen LogP contribution in [0.5, 0.6) is 0 Å². The van der Waals surface area contributed by atoms with Crippen molar-refractivity contribution in [2.45, 2.75) is 25.0 Å². The largest absolute Gasteiger partial charge is 0.465 e. The van der Waals surface area contributed by atoms with Crippen LogP contribution in [-0.2, 0) is 9.53 Å². The summed E-state index contributed by atoms with van der Waals surface area (Å²) in [6, 6.07) is 9.30. The van der Waals surface area contributed by atoms with E-state index in [0.717, 1.165) is 5.56 Å². The number of carbonyl (C=O) groups excluding carboxylic acids is 1. The van der Waals surface area contributed by atoms with E-state index in [4.69, 9.17) is 9.84 Å². The van der Waals surface area contributed by atoms with Crippen molar-refractivity contribution in [3.63, 3.8) is 0 Å². The Bertz CT molecular complexity index is 484. The van der Waals surface area contributed by atoms with E-state index < -0.39 is 12.2 Å². The molecule has 0 radical (unpaired) electrons. The monoisotopic (exact) mass is 292 g/mol. The Kier molecular flexibility index (Phi) is 5.16. The van der Waals surface area contributed by atoms with E-state index in [1.54, 1.807) is 0 Å². The first-order valence-corrected chi connectivity index (χ1v) is 6.98. The first-order valence-electron chi connectivity index (χ1n) is 6.98. The molecule has 1 aromatic carbocycles. The van der Waals surface area contributed by atoms with Crippen LogP contribution in [-0.4, -0.2) is 48.2 Å². The van der Waals surface area contributed by atoms with Crippen molar-refractivity contribution in [1.29, 1.82) is 0 Å². The van der Waals surface area contributed by atoms with Crippen molar-refractivity contribution >= 4 is 12.0 Å². The molecule has 1 aromatic rings. The number of piperidine rings is 1. The molecule has 2 rings (SSSR count). The van der Waals surface area contributed by atoms with Gasteiger partial charge < -0.3 is 20.1 Å². The third kappa shape index (κ3) is 3.95. The zero-order valence-electron chi connectivity index (χ0n) is 12.0. The molecule has 1 unspecified atom stereocenters. The highest BCUT2D eigenvalue weighted by Crippen LogP contribution is 2.18. The number of nitrogens with zero attached hydrogens (tertiary/aromatic N) is 1. The number of benzene rings is 1. The number of amides is 2. The Morgan fingerprint density at radius 3 is 2.43 bits per heavy atom. The fraction of sp³-hybridized carbons (Fsp3) is 0.467. The van der Waals surface area contributed by atoms with E-state index in [2.05, 4.69) is 5.32 Å². The maximum absolute atomic E-state index is 12.3. The van der Waals surface area contributed by atoms with Crippen molar-refractivity contribution < 1.29 is 19.4 Å². The van der Waals surface area contributed by atoms with Crippen molar-refractivity contribution in [2.75, 3.05) is 20.2 Å². The summed E-state index contributed by atoms with van der Waals surface area (Å²) in [7, 11) is 1.50. The van der Waals surface area contributed by atoms with E-state index in [-0.39, 0.29) is 11.9 Å². The Morgan fingerprint density at radius 2 is 1.90 bits per heavy atom. The first-order chi connectivity index (χ1) is 10.1. The van der Waals surface area contributed by atoms with Gasteiger partial charge in [0.05, 0.1) is 0 Å². The Hall–Kier alpha value is -2.08. The van der Waals surface area contributed by atoms with Gasteiger partial charge in [-0.05, 0) is 18.4 Å². The summed E-state index contributed by atoms with van der Waals surface area (Å²) in [6.07, 6.45) is -0.283. The smallest absolute Gasteiger partial charge is 0.407 e. The van der Waals surface area contributed by atoms with Gasteiger partial charge >= 0.3 is 6.09 Å². The number of likely N-dealkylation sites (tertiary alicyclic amines) is 1. The van der Waals surface area contributed by atoms with Crippen LogP contribution in [0.15, 0.2) is 30.3 Å². The average molecular weight is 292 g/mol.